The molecule has 2 aromatic carbocycles. The summed E-state index contributed by atoms with van der Waals surface area (Å²) in [4.78, 5) is 14.8. The Kier molecular flexibility index (Phi) is 5.16. The molecule has 0 atom stereocenters. The Labute approximate surface area is 155 Å². The van der Waals surface area contributed by atoms with Gasteiger partial charge < -0.3 is 9.64 Å². The maximum absolute atomic E-state index is 12.5. The predicted octanol–water partition coefficient (Wildman–Crippen LogP) is 4.30. The molecule has 0 unspecified atom stereocenters. The molecule has 2 aliphatic rings. The third-order valence-electron chi connectivity index (χ3n) is 5.33. The van der Waals surface area contributed by atoms with Crippen LogP contribution < -0.4 is 4.90 Å². The number of aryl methyl sites for hydroxylation is 2. The summed E-state index contributed by atoms with van der Waals surface area (Å²) < 4.78 is 5.40. The molecule has 0 amide bonds. The first-order valence-corrected chi connectivity index (χ1v) is 9.56. The van der Waals surface area contributed by atoms with Gasteiger partial charge in [0, 0.05) is 24.3 Å². The van der Waals surface area contributed by atoms with Gasteiger partial charge in [-0.25, -0.2) is 0 Å². The molecule has 0 radical (unpaired) electrons. The number of morpholine rings is 1. The van der Waals surface area contributed by atoms with Crippen molar-refractivity contribution in [2.45, 2.75) is 25.7 Å². The normalized spacial score (nSPS) is 17.3. The summed E-state index contributed by atoms with van der Waals surface area (Å²) in [6.45, 7) is 3.45. The average molecular weight is 347 g/mol. The number of ether oxygens (including phenoxy) is 1. The molecule has 1 heterocycles. The van der Waals surface area contributed by atoms with Crippen LogP contribution in [-0.2, 0) is 17.6 Å². The number of allylic oxidation sites excluding steroid dienone is 1. The highest BCUT2D eigenvalue weighted by Gasteiger charge is 2.12. The largest absolute Gasteiger partial charge is 0.378 e. The molecule has 1 aliphatic heterocycles. The van der Waals surface area contributed by atoms with Crippen molar-refractivity contribution < 1.29 is 9.53 Å². The Hall–Kier alpha value is -2.39. The van der Waals surface area contributed by atoms with E-state index in [1.54, 1.807) is 6.08 Å². The molecule has 0 N–H and O–H groups in total. The first-order valence-electron chi connectivity index (χ1n) is 9.56. The van der Waals surface area contributed by atoms with Gasteiger partial charge in [0.15, 0.2) is 5.78 Å². The fourth-order valence-electron chi connectivity index (χ4n) is 3.77. The fraction of sp³-hybridized carbons (Fsp3) is 0.348. The molecular weight excluding hydrogens is 322 g/mol. The maximum Gasteiger partial charge on any atom is 0.185 e. The summed E-state index contributed by atoms with van der Waals surface area (Å²) in [6, 6.07) is 14.6. The maximum atomic E-state index is 12.5. The van der Waals surface area contributed by atoms with E-state index < -0.39 is 0 Å². The highest BCUT2D eigenvalue weighted by Crippen LogP contribution is 2.23. The van der Waals surface area contributed by atoms with Crippen molar-refractivity contribution in [2.24, 2.45) is 0 Å². The number of nitrogens with zero attached hydrogens (tertiary/aromatic N) is 1. The number of benzene rings is 2. The van der Waals surface area contributed by atoms with E-state index in [4.69, 9.17) is 4.74 Å². The van der Waals surface area contributed by atoms with Gasteiger partial charge in [-0.3, -0.25) is 4.79 Å². The number of rotatable bonds is 4. The molecule has 0 bridgehead atoms. The van der Waals surface area contributed by atoms with Crippen molar-refractivity contribution in [3.63, 3.8) is 0 Å². The number of carbonyl (C=O) groups excluding carboxylic acids is 1. The van der Waals surface area contributed by atoms with Gasteiger partial charge in [0.1, 0.15) is 0 Å². The SMILES string of the molecule is O=C(/C=C/c1ccc(N2CCOCC2)cc1)c1ccc2c(c1)CCCC2. The van der Waals surface area contributed by atoms with Gasteiger partial charge in [-0.05, 0) is 66.6 Å². The minimum atomic E-state index is 0.0793. The van der Waals surface area contributed by atoms with Gasteiger partial charge in [0.2, 0.25) is 0 Å². The van der Waals surface area contributed by atoms with E-state index in [0.717, 1.165) is 50.3 Å². The van der Waals surface area contributed by atoms with E-state index in [-0.39, 0.29) is 5.78 Å². The highest BCUT2D eigenvalue weighted by atomic mass is 16.5. The quantitative estimate of drug-likeness (QED) is 0.610. The zero-order chi connectivity index (χ0) is 17.8. The van der Waals surface area contributed by atoms with Gasteiger partial charge >= 0.3 is 0 Å². The molecule has 2 aromatic rings. The molecule has 0 aromatic heterocycles. The molecule has 1 fully saturated rings. The van der Waals surface area contributed by atoms with Gasteiger partial charge in [-0.2, -0.15) is 0 Å². The third-order valence-corrected chi connectivity index (χ3v) is 5.33. The van der Waals surface area contributed by atoms with Crippen LogP contribution >= 0.6 is 0 Å². The first kappa shape index (κ1) is 17.0. The molecule has 134 valence electrons. The summed E-state index contributed by atoms with van der Waals surface area (Å²) in [5, 5.41) is 0. The third kappa shape index (κ3) is 3.88. The van der Waals surface area contributed by atoms with E-state index in [1.165, 1.54) is 29.7 Å². The van der Waals surface area contributed by atoms with Crippen molar-refractivity contribution in [1.29, 1.82) is 0 Å². The van der Waals surface area contributed by atoms with E-state index in [0.29, 0.717) is 0 Å². The van der Waals surface area contributed by atoms with Crippen LogP contribution in [0.3, 0.4) is 0 Å². The summed E-state index contributed by atoms with van der Waals surface area (Å²) in [6.07, 6.45) is 8.34. The summed E-state index contributed by atoms with van der Waals surface area (Å²) in [7, 11) is 0. The molecule has 1 aliphatic carbocycles. The van der Waals surface area contributed by atoms with E-state index in [2.05, 4.69) is 41.3 Å². The number of hydrogen-bond acceptors (Lipinski definition) is 3. The molecule has 0 spiro atoms. The Morgan fingerprint density at radius 3 is 2.42 bits per heavy atom. The topological polar surface area (TPSA) is 29.5 Å². The second kappa shape index (κ2) is 7.88. The van der Waals surface area contributed by atoms with Gasteiger partial charge in [0.05, 0.1) is 13.2 Å². The Morgan fingerprint density at radius 2 is 1.65 bits per heavy atom. The molecule has 3 nitrogen and oxygen atoms in total. The van der Waals surface area contributed by atoms with Crippen molar-refractivity contribution in [3.05, 3.63) is 70.8 Å². The van der Waals surface area contributed by atoms with Gasteiger partial charge in [-0.1, -0.05) is 30.3 Å². The van der Waals surface area contributed by atoms with E-state index in [9.17, 15) is 4.79 Å². The van der Waals surface area contributed by atoms with Crippen LogP contribution in [0.25, 0.3) is 6.08 Å². The first-order chi connectivity index (χ1) is 12.8. The molecular formula is C23H25NO2. The second-order valence-electron chi connectivity index (χ2n) is 7.08. The van der Waals surface area contributed by atoms with Crippen LogP contribution in [0.5, 0.6) is 0 Å². The molecule has 0 saturated carbocycles. The second-order valence-corrected chi connectivity index (χ2v) is 7.08. The monoisotopic (exact) mass is 347 g/mol. The number of fused-ring (bicyclic) bond motifs is 1. The Balaban J connectivity index is 1.43. The lowest BCUT2D eigenvalue weighted by atomic mass is 9.90. The van der Waals surface area contributed by atoms with Crippen molar-refractivity contribution in [3.8, 4) is 0 Å². The number of hydrogen-bond donors (Lipinski definition) is 0. The fourth-order valence-corrected chi connectivity index (χ4v) is 3.77. The van der Waals surface area contributed by atoms with Gasteiger partial charge in [-0.15, -0.1) is 0 Å². The van der Waals surface area contributed by atoms with Crippen LogP contribution in [0, 0.1) is 0 Å². The van der Waals surface area contributed by atoms with Crippen LogP contribution in [0.1, 0.15) is 39.9 Å². The van der Waals surface area contributed by atoms with E-state index >= 15 is 0 Å². The molecule has 26 heavy (non-hydrogen) atoms. The number of ketones is 1. The summed E-state index contributed by atoms with van der Waals surface area (Å²) >= 11 is 0. The van der Waals surface area contributed by atoms with Crippen molar-refractivity contribution >= 4 is 17.5 Å². The van der Waals surface area contributed by atoms with Crippen molar-refractivity contribution in [2.75, 3.05) is 31.2 Å². The highest BCUT2D eigenvalue weighted by molar-refractivity contribution is 6.07. The smallest absolute Gasteiger partial charge is 0.185 e. The molecule has 3 heteroatoms. The summed E-state index contributed by atoms with van der Waals surface area (Å²) in [5.74, 6) is 0.0793. The van der Waals surface area contributed by atoms with Gasteiger partial charge in [0.25, 0.3) is 0 Å². The average Bonchev–Trinajstić information content (AvgIpc) is 2.72. The van der Waals surface area contributed by atoms with Crippen LogP contribution in [-0.4, -0.2) is 32.1 Å². The molecule has 1 saturated heterocycles. The van der Waals surface area contributed by atoms with E-state index in [1.807, 2.05) is 12.1 Å². The minimum Gasteiger partial charge on any atom is -0.378 e. The standard InChI is InChI=1S/C23H25NO2/c25-23(21-9-8-19-3-1-2-4-20(19)17-21)12-7-18-5-10-22(11-6-18)24-13-15-26-16-14-24/h5-12,17H,1-4,13-16H2/b12-7+. The Bertz CT molecular complexity index is 801. The lowest BCUT2D eigenvalue weighted by molar-refractivity contribution is 0.104. The lowest BCUT2D eigenvalue weighted by Gasteiger charge is -2.28. The van der Waals surface area contributed by atoms with Crippen LogP contribution in [0.2, 0.25) is 0 Å². The van der Waals surface area contributed by atoms with Crippen molar-refractivity contribution in [1.82, 2.24) is 0 Å². The predicted molar refractivity (Wildman–Crippen MR) is 106 cm³/mol. The van der Waals surface area contributed by atoms with Crippen LogP contribution in [0.15, 0.2) is 48.5 Å². The number of anilines is 1. The Morgan fingerprint density at radius 1 is 0.923 bits per heavy atom. The molecule has 4 rings (SSSR count). The lowest BCUT2D eigenvalue weighted by Crippen LogP contribution is -2.36. The van der Waals surface area contributed by atoms with Crippen LogP contribution in [0.4, 0.5) is 5.69 Å². The zero-order valence-electron chi connectivity index (χ0n) is 15.1. The summed E-state index contributed by atoms with van der Waals surface area (Å²) in [5.41, 5.74) is 5.83. The minimum absolute atomic E-state index is 0.0793. The number of carbonyl (C=O) groups is 1. The zero-order valence-corrected chi connectivity index (χ0v) is 15.1.